The molecule has 0 radical (unpaired) electrons. The average Bonchev–Trinajstić information content (AvgIpc) is 3.35. The third kappa shape index (κ3) is 2.68. The van der Waals surface area contributed by atoms with Crippen LogP contribution in [0.15, 0.2) is 65.3 Å². The van der Waals surface area contributed by atoms with Gasteiger partial charge in [0.05, 0.1) is 5.69 Å². The van der Waals surface area contributed by atoms with Crippen molar-refractivity contribution in [3.63, 3.8) is 0 Å². The minimum Gasteiger partial charge on any atom is -0.408 e. The van der Waals surface area contributed by atoms with Crippen LogP contribution in [-0.2, 0) is 5.41 Å². The predicted molar refractivity (Wildman–Crippen MR) is 103 cm³/mol. The van der Waals surface area contributed by atoms with Gasteiger partial charge in [0.1, 0.15) is 5.65 Å². The molecule has 1 aliphatic heterocycles. The molecule has 0 saturated carbocycles. The van der Waals surface area contributed by atoms with E-state index in [2.05, 4.69) is 68.3 Å². The molecule has 3 aromatic heterocycles. The number of piperidine rings is 1. The second-order valence-electron chi connectivity index (χ2n) is 7.13. The van der Waals surface area contributed by atoms with E-state index in [0.717, 1.165) is 37.3 Å². The molecule has 4 aromatic rings. The summed E-state index contributed by atoms with van der Waals surface area (Å²) in [4.78, 5) is 7.16. The maximum atomic E-state index is 5.63. The molecule has 136 valence electrons. The molecular formula is C21H21N5O. The van der Waals surface area contributed by atoms with E-state index in [9.17, 15) is 0 Å². The quantitative estimate of drug-likeness (QED) is 0.559. The van der Waals surface area contributed by atoms with Crippen molar-refractivity contribution in [2.75, 3.05) is 18.0 Å². The molecule has 0 bridgehead atoms. The standard InChI is InChI=1S/C21H21N5O/c1-16-23-24-20(27-16)25-13-10-21(11-14-25,17-7-3-2-4-8-17)18-15-26-12-6-5-9-19(26)22-18/h2-9,12,15H,10-11,13-14H2,1H3. The molecule has 0 atom stereocenters. The Morgan fingerprint density at radius 1 is 0.963 bits per heavy atom. The van der Waals surface area contributed by atoms with Gasteiger partial charge in [0.15, 0.2) is 0 Å². The first-order valence-electron chi connectivity index (χ1n) is 9.29. The summed E-state index contributed by atoms with van der Waals surface area (Å²) in [5, 5.41) is 8.16. The van der Waals surface area contributed by atoms with Crippen LogP contribution in [0.1, 0.15) is 30.0 Å². The number of benzene rings is 1. The number of nitrogens with zero attached hydrogens (tertiary/aromatic N) is 5. The van der Waals surface area contributed by atoms with Crippen molar-refractivity contribution in [2.24, 2.45) is 0 Å². The van der Waals surface area contributed by atoms with Crippen molar-refractivity contribution in [1.82, 2.24) is 19.6 Å². The third-order valence-electron chi connectivity index (χ3n) is 5.58. The van der Waals surface area contributed by atoms with E-state index in [-0.39, 0.29) is 5.41 Å². The van der Waals surface area contributed by atoms with Crippen molar-refractivity contribution < 1.29 is 4.42 Å². The minimum atomic E-state index is -0.112. The second kappa shape index (κ2) is 6.23. The molecule has 0 spiro atoms. The van der Waals surface area contributed by atoms with Gasteiger partial charge in [-0.25, -0.2) is 4.98 Å². The van der Waals surface area contributed by atoms with Crippen LogP contribution in [0.25, 0.3) is 5.65 Å². The predicted octanol–water partition coefficient (Wildman–Crippen LogP) is 3.61. The number of pyridine rings is 1. The summed E-state index contributed by atoms with van der Waals surface area (Å²) in [6, 6.07) is 17.5. The van der Waals surface area contributed by atoms with Gasteiger partial charge in [-0.15, -0.1) is 5.10 Å². The fourth-order valence-electron chi connectivity index (χ4n) is 4.11. The zero-order valence-corrected chi connectivity index (χ0v) is 15.2. The van der Waals surface area contributed by atoms with E-state index in [0.29, 0.717) is 11.9 Å². The molecule has 1 fully saturated rings. The van der Waals surface area contributed by atoms with Gasteiger partial charge in [0, 0.05) is 37.8 Å². The molecule has 0 amide bonds. The van der Waals surface area contributed by atoms with Crippen molar-refractivity contribution in [3.05, 3.63) is 78.1 Å². The second-order valence-corrected chi connectivity index (χ2v) is 7.13. The molecule has 0 unspecified atom stereocenters. The normalized spacial score (nSPS) is 16.7. The van der Waals surface area contributed by atoms with E-state index in [1.807, 2.05) is 19.1 Å². The molecule has 1 aromatic carbocycles. The fourth-order valence-corrected chi connectivity index (χ4v) is 4.11. The first-order valence-corrected chi connectivity index (χ1v) is 9.29. The summed E-state index contributed by atoms with van der Waals surface area (Å²) < 4.78 is 7.74. The molecule has 4 heterocycles. The summed E-state index contributed by atoms with van der Waals surface area (Å²) in [5.74, 6) is 0.602. The topological polar surface area (TPSA) is 59.5 Å². The van der Waals surface area contributed by atoms with Crippen LogP contribution in [0, 0.1) is 6.92 Å². The lowest BCUT2D eigenvalue weighted by molar-refractivity contribution is 0.367. The molecule has 6 nitrogen and oxygen atoms in total. The average molecular weight is 359 g/mol. The zero-order chi connectivity index (χ0) is 18.3. The lowest BCUT2D eigenvalue weighted by Crippen LogP contribution is -2.43. The van der Waals surface area contributed by atoms with Crippen LogP contribution < -0.4 is 4.90 Å². The number of aromatic nitrogens is 4. The molecular weight excluding hydrogens is 338 g/mol. The van der Waals surface area contributed by atoms with Gasteiger partial charge >= 0.3 is 6.01 Å². The van der Waals surface area contributed by atoms with Gasteiger partial charge in [-0.05, 0) is 30.5 Å². The van der Waals surface area contributed by atoms with Gasteiger partial charge in [0.2, 0.25) is 5.89 Å². The summed E-state index contributed by atoms with van der Waals surface area (Å²) in [5.41, 5.74) is 3.31. The van der Waals surface area contributed by atoms with Crippen LogP contribution in [0.3, 0.4) is 0 Å². The first kappa shape index (κ1) is 16.1. The Hall–Kier alpha value is -3.15. The van der Waals surface area contributed by atoms with Crippen molar-refractivity contribution in [3.8, 4) is 0 Å². The SMILES string of the molecule is Cc1nnc(N2CCC(c3ccccc3)(c3cn4ccccc4n3)CC2)o1. The number of imidazole rings is 1. The Bertz CT molecular complexity index is 1030. The van der Waals surface area contributed by atoms with E-state index in [4.69, 9.17) is 9.40 Å². The fraction of sp³-hybridized carbons (Fsp3) is 0.286. The van der Waals surface area contributed by atoms with E-state index < -0.39 is 0 Å². The number of hydrogen-bond donors (Lipinski definition) is 0. The van der Waals surface area contributed by atoms with E-state index in [1.165, 1.54) is 5.56 Å². The van der Waals surface area contributed by atoms with Gasteiger partial charge in [-0.3, -0.25) is 0 Å². The highest BCUT2D eigenvalue weighted by Crippen LogP contribution is 2.42. The highest BCUT2D eigenvalue weighted by atomic mass is 16.4. The largest absolute Gasteiger partial charge is 0.408 e. The Morgan fingerprint density at radius 3 is 2.44 bits per heavy atom. The lowest BCUT2D eigenvalue weighted by Gasteiger charge is -2.40. The number of anilines is 1. The first-order chi connectivity index (χ1) is 13.2. The number of fused-ring (bicyclic) bond motifs is 1. The molecule has 6 heteroatoms. The monoisotopic (exact) mass is 359 g/mol. The molecule has 27 heavy (non-hydrogen) atoms. The molecule has 0 aliphatic carbocycles. The molecule has 1 aliphatic rings. The number of hydrogen-bond acceptors (Lipinski definition) is 5. The van der Waals surface area contributed by atoms with Crippen LogP contribution in [0.4, 0.5) is 6.01 Å². The Labute approximate surface area is 157 Å². The molecule has 1 saturated heterocycles. The van der Waals surface area contributed by atoms with E-state index in [1.54, 1.807) is 0 Å². The van der Waals surface area contributed by atoms with Crippen molar-refractivity contribution >= 4 is 11.7 Å². The van der Waals surface area contributed by atoms with Crippen molar-refractivity contribution in [2.45, 2.75) is 25.2 Å². The summed E-state index contributed by atoms with van der Waals surface area (Å²) in [7, 11) is 0. The minimum absolute atomic E-state index is 0.112. The number of rotatable bonds is 3. The van der Waals surface area contributed by atoms with E-state index >= 15 is 0 Å². The highest BCUT2D eigenvalue weighted by molar-refractivity contribution is 5.46. The molecule has 0 N–H and O–H groups in total. The summed E-state index contributed by atoms with van der Waals surface area (Å²) in [6.07, 6.45) is 6.13. The van der Waals surface area contributed by atoms with Crippen LogP contribution >= 0.6 is 0 Å². The molecule has 5 rings (SSSR count). The van der Waals surface area contributed by atoms with Gasteiger partial charge in [-0.1, -0.05) is 41.5 Å². The Balaban J connectivity index is 1.54. The van der Waals surface area contributed by atoms with Gasteiger partial charge in [0.25, 0.3) is 0 Å². The summed E-state index contributed by atoms with van der Waals surface area (Å²) >= 11 is 0. The smallest absolute Gasteiger partial charge is 0.318 e. The number of aryl methyl sites for hydroxylation is 1. The van der Waals surface area contributed by atoms with Gasteiger partial charge < -0.3 is 13.7 Å². The van der Waals surface area contributed by atoms with Crippen LogP contribution in [0.5, 0.6) is 0 Å². The van der Waals surface area contributed by atoms with Gasteiger partial charge in [-0.2, -0.15) is 0 Å². The third-order valence-corrected chi connectivity index (χ3v) is 5.58. The maximum Gasteiger partial charge on any atom is 0.318 e. The lowest BCUT2D eigenvalue weighted by atomic mass is 9.70. The zero-order valence-electron chi connectivity index (χ0n) is 15.2. The van der Waals surface area contributed by atoms with Crippen molar-refractivity contribution in [1.29, 1.82) is 0 Å². The maximum absolute atomic E-state index is 5.63. The Morgan fingerprint density at radius 2 is 1.74 bits per heavy atom. The van der Waals surface area contributed by atoms with Crippen LogP contribution in [0.2, 0.25) is 0 Å². The highest BCUT2D eigenvalue weighted by Gasteiger charge is 2.40. The summed E-state index contributed by atoms with van der Waals surface area (Å²) in [6.45, 7) is 3.53. The Kier molecular flexibility index (Phi) is 3.70. The van der Waals surface area contributed by atoms with Crippen LogP contribution in [-0.4, -0.2) is 32.7 Å².